The Hall–Kier alpha value is -1.96. The smallest absolute Gasteiger partial charge is 0.326 e. The van der Waals surface area contributed by atoms with E-state index in [1.807, 2.05) is 0 Å². The Morgan fingerprint density at radius 3 is 2.77 bits per heavy atom. The van der Waals surface area contributed by atoms with Crippen molar-refractivity contribution in [2.75, 3.05) is 11.4 Å². The molecule has 1 fully saturated rings. The van der Waals surface area contributed by atoms with Crippen LogP contribution >= 0.6 is 11.3 Å². The van der Waals surface area contributed by atoms with Gasteiger partial charge in [0.25, 0.3) is 0 Å². The van der Waals surface area contributed by atoms with Gasteiger partial charge in [0.1, 0.15) is 6.04 Å². The van der Waals surface area contributed by atoms with Crippen LogP contribution in [0.25, 0.3) is 0 Å². The molecule has 0 spiro atoms. The summed E-state index contributed by atoms with van der Waals surface area (Å²) in [4.78, 5) is 40.6. The monoisotopic (exact) mass is 325 g/mol. The minimum absolute atomic E-state index is 0.00896. The number of aromatic nitrogens is 1. The number of carbonyl (C=O) groups is 3. The van der Waals surface area contributed by atoms with Gasteiger partial charge in [-0.15, -0.1) is 11.3 Å². The lowest BCUT2D eigenvalue weighted by molar-refractivity contribution is -0.143. The van der Waals surface area contributed by atoms with Crippen molar-refractivity contribution < 1.29 is 19.5 Å². The molecule has 2 amide bonds. The van der Waals surface area contributed by atoms with Gasteiger partial charge in [0.05, 0.1) is 12.1 Å². The standard InChI is InChI=1S/C14H19N3O4S/c1-8(2)12(13(20)21)16-10(18)6-9-7-22-14(15-9)17-5-3-4-11(17)19/h7-8,12H,3-6H2,1-2H3,(H,16,18)(H,20,21)/t12-/m1/s1. The maximum Gasteiger partial charge on any atom is 0.326 e. The van der Waals surface area contributed by atoms with Gasteiger partial charge in [-0.2, -0.15) is 0 Å². The lowest BCUT2D eigenvalue weighted by Crippen LogP contribution is -2.44. The van der Waals surface area contributed by atoms with Crippen LogP contribution in [0, 0.1) is 5.92 Å². The third kappa shape index (κ3) is 3.82. The van der Waals surface area contributed by atoms with E-state index in [0.717, 1.165) is 6.42 Å². The summed E-state index contributed by atoms with van der Waals surface area (Å²) >= 11 is 1.32. The van der Waals surface area contributed by atoms with Crippen LogP contribution in [0.4, 0.5) is 5.13 Å². The Balaban J connectivity index is 1.96. The number of carboxylic acid groups (broad SMARTS) is 1. The molecule has 1 atom stereocenters. The van der Waals surface area contributed by atoms with Crippen LogP contribution in [0.2, 0.25) is 0 Å². The molecule has 2 N–H and O–H groups in total. The molecule has 2 heterocycles. The van der Waals surface area contributed by atoms with Gasteiger partial charge in [-0.1, -0.05) is 13.8 Å². The second-order valence-corrected chi connectivity index (χ2v) is 6.41. The molecule has 0 saturated carbocycles. The average Bonchev–Trinajstić information content (AvgIpc) is 3.04. The summed E-state index contributed by atoms with van der Waals surface area (Å²) in [6.07, 6.45) is 1.36. The molecule has 0 radical (unpaired) electrons. The molecule has 1 saturated heterocycles. The Bertz CT molecular complexity index is 584. The fourth-order valence-corrected chi connectivity index (χ4v) is 3.12. The first-order valence-electron chi connectivity index (χ1n) is 7.15. The molecule has 1 aliphatic heterocycles. The minimum atomic E-state index is -1.05. The fourth-order valence-electron chi connectivity index (χ4n) is 2.25. The fraction of sp³-hybridized carbons (Fsp3) is 0.571. The van der Waals surface area contributed by atoms with Gasteiger partial charge in [-0.3, -0.25) is 14.5 Å². The highest BCUT2D eigenvalue weighted by Gasteiger charge is 2.26. The number of nitrogens with zero attached hydrogens (tertiary/aromatic N) is 2. The van der Waals surface area contributed by atoms with E-state index in [-0.39, 0.29) is 24.2 Å². The number of carboxylic acids is 1. The number of thiazole rings is 1. The van der Waals surface area contributed by atoms with E-state index >= 15 is 0 Å². The maximum absolute atomic E-state index is 11.9. The molecule has 1 aromatic rings. The van der Waals surface area contributed by atoms with Crippen molar-refractivity contribution in [2.24, 2.45) is 5.92 Å². The van der Waals surface area contributed by atoms with Crippen molar-refractivity contribution in [3.05, 3.63) is 11.1 Å². The maximum atomic E-state index is 11.9. The third-order valence-corrected chi connectivity index (χ3v) is 4.35. The minimum Gasteiger partial charge on any atom is -0.480 e. The van der Waals surface area contributed by atoms with Crippen LogP contribution < -0.4 is 10.2 Å². The predicted molar refractivity (Wildman–Crippen MR) is 81.8 cm³/mol. The van der Waals surface area contributed by atoms with Gasteiger partial charge in [-0.25, -0.2) is 9.78 Å². The van der Waals surface area contributed by atoms with Crippen molar-refractivity contribution >= 4 is 34.3 Å². The highest BCUT2D eigenvalue weighted by Crippen LogP contribution is 2.25. The van der Waals surface area contributed by atoms with Gasteiger partial charge in [0.15, 0.2) is 5.13 Å². The quantitative estimate of drug-likeness (QED) is 0.814. The van der Waals surface area contributed by atoms with E-state index in [0.29, 0.717) is 23.8 Å². The zero-order valence-electron chi connectivity index (χ0n) is 12.5. The number of carbonyl (C=O) groups excluding carboxylic acids is 2. The summed E-state index contributed by atoms with van der Waals surface area (Å²) in [5, 5.41) is 13.9. The van der Waals surface area contributed by atoms with E-state index in [4.69, 9.17) is 5.11 Å². The van der Waals surface area contributed by atoms with Crippen LogP contribution in [0.5, 0.6) is 0 Å². The number of aliphatic carboxylic acids is 1. The zero-order valence-corrected chi connectivity index (χ0v) is 13.4. The molecule has 0 unspecified atom stereocenters. The second-order valence-electron chi connectivity index (χ2n) is 5.57. The van der Waals surface area contributed by atoms with Crippen molar-refractivity contribution in [3.8, 4) is 0 Å². The molecule has 1 aromatic heterocycles. The number of amides is 2. The lowest BCUT2D eigenvalue weighted by Gasteiger charge is -2.17. The molecule has 120 valence electrons. The summed E-state index contributed by atoms with van der Waals surface area (Å²) < 4.78 is 0. The van der Waals surface area contributed by atoms with Gasteiger partial charge < -0.3 is 10.4 Å². The predicted octanol–water partition coefficient (Wildman–Crippen LogP) is 1.04. The van der Waals surface area contributed by atoms with Gasteiger partial charge in [0.2, 0.25) is 11.8 Å². The highest BCUT2D eigenvalue weighted by atomic mass is 32.1. The molecule has 2 rings (SSSR count). The van der Waals surface area contributed by atoms with E-state index in [1.54, 1.807) is 24.1 Å². The molecule has 7 nitrogen and oxygen atoms in total. The number of rotatable bonds is 6. The summed E-state index contributed by atoms with van der Waals surface area (Å²) in [6, 6.07) is -0.911. The van der Waals surface area contributed by atoms with Gasteiger partial charge in [-0.05, 0) is 12.3 Å². The summed E-state index contributed by atoms with van der Waals surface area (Å²) in [5.41, 5.74) is 0.546. The molecule has 0 aliphatic carbocycles. The summed E-state index contributed by atoms with van der Waals surface area (Å²) in [5.74, 6) is -1.58. The van der Waals surface area contributed by atoms with Crippen LogP contribution in [-0.2, 0) is 20.8 Å². The molecule has 1 aliphatic rings. The highest BCUT2D eigenvalue weighted by molar-refractivity contribution is 7.14. The lowest BCUT2D eigenvalue weighted by atomic mass is 10.0. The molecule has 8 heteroatoms. The Labute approximate surface area is 132 Å². The summed E-state index contributed by atoms with van der Waals surface area (Å²) in [6.45, 7) is 4.13. The van der Waals surface area contributed by atoms with Gasteiger partial charge >= 0.3 is 5.97 Å². The normalized spacial score (nSPS) is 16.1. The first-order chi connectivity index (χ1) is 10.4. The second kappa shape index (κ2) is 6.87. The van der Waals surface area contributed by atoms with Gasteiger partial charge in [0, 0.05) is 18.3 Å². The van der Waals surface area contributed by atoms with Crippen molar-refractivity contribution in [2.45, 2.75) is 39.2 Å². The number of hydrogen-bond acceptors (Lipinski definition) is 5. The summed E-state index contributed by atoms with van der Waals surface area (Å²) in [7, 11) is 0. The first-order valence-corrected chi connectivity index (χ1v) is 8.03. The van der Waals surface area contributed by atoms with Crippen LogP contribution in [0.3, 0.4) is 0 Å². The van der Waals surface area contributed by atoms with Crippen LogP contribution in [0.1, 0.15) is 32.4 Å². The molecule has 0 bridgehead atoms. The topological polar surface area (TPSA) is 99.6 Å². The number of nitrogens with one attached hydrogen (secondary N) is 1. The Morgan fingerprint density at radius 1 is 1.50 bits per heavy atom. The molecular formula is C14H19N3O4S. The third-order valence-electron chi connectivity index (χ3n) is 3.43. The van der Waals surface area contributed by atoms with Crippen molar-refractivity contribution in [1.29, 1.82) is 0 Å². The molecule has 0 aromatic carbocycles. The number of anilines is 1. The van der Waals surface area contributed by atoms with Crippen LogP contribution in [0.15, 0.2) is 5.38 Å². The van der Waals surface area contributed by atoms with Crippen LogP contribution in [-0.4, -0.2) is 40.5 Å². The average molecular weight is 325 g/mol. The molecule has 22 heavy (non-hydrogen) atoms. The Morgan fingerprint density at radius 2 is 2.23 bits per heavy atom. The Kier molecular flexibility index (Phi) is 5.12. The first kappa shape index (κ1) is 16.4. The van der Waals surface area contributed by atoms with E-state index in [2.05, 4.69) is 10.3 Å². The zero-order chi connectivity index (χ0) is 16.3. The number of hydrogen-bond donors (Lipinski definition) is 2. The molecular weight excluding hydrogens is 306 g/mol. The van der Waals surface area contributed by atoms with E-state index < -0.39 is 12.0 Å². The SMILES string of the molecule is CC(C)[C@@H](NC(=O)Cc1csc(N2CCCC2=O)n1)C(=O)O. The van der Waals surface area contributed by atoms with E-state index in [9.17, 15) is 14.4 Å². The largest absolute Gasteiger partial charge is 0.480 e. The van der Waals surface area contributed by atoms with Crippen molar-refractivity contribution in [3.63, 3.8) is 0 Å². The van der Waals surface area contributed by atoms with E-state index in [1.165, 1.54) is 11.3 Å². The van der Waals surface area contributed by atoms with Crippen molar-refractivity contribution in [1.82, 2.24) is 10.3 Å².